The predicted molar refractivity (Wildman–Crippen MR) is 102 cm³/mol. The number of nitrogens with one attached hydrogen (secondary N) is 2. The van der Waals surface area contributed by atoms with E-state index in [0.29, 0.717) is 5.41 Å². The average Bonchev–Trinajstić information content (AvgIpc) is 3.27. The van der Waals surface area contributed by atoms with Crippen molar-refractivity contribution in [1.29, 1.82) is 0 Å². The van der Waals surface area contributed by atoms with Crippen molar-refractivity contribution in [3.05, 3.63) is 35.9 Å². The molecule has 1 aliphatic carbocycles. The van der Waals surface area contributed by atoms with Gasteiger partial charge in [0, 0.05) is 18.5 Å². The molecule has 2 rings (SSSR count). The number of unbranched alkanes of at least 4 members (excludes halogenated alkanes) is 1. The van der Waals surface area contributed by atoms with Crippen molar-refractivity contribution in [3.8, 4) is 0 Å². The lowest BCUT2D eigenvalue weighted by Gasteiger charge is -2.15. The third-order valence-corrected chi connectivity index (χ3v) is 3.95. The summed E-state index contributed by atoms with van der Waals surface area (Å²) in [5.41, 5.74) is 1.74. The summed E-state index contributed by atoms with van der Waals surface area (Å²) in [7, 11) is 0. The molecule has 0 heterocycles. The molecule has 0 bridgehead atoms. The second-order valence-corrected chi connectivity index (χ2v) is 5.62. The zero-order chi connectivity index (χ0) is 14.3. The highest BCUT2D eigenvalue weighted by atomic mass is 127. The van der Waals surface area contributed by atoms with E-state index in [1.165, 1.54) is 31.2 Å². The molecular weight excluding hydrogens is 373 g/mol. The molecule has 0 saturated heterocycles. The predicted octanol–water partition coefficient (Wildman–Crippen LogP) is 3.69. The number of hydrogen-bond acceptors (Lipinski definition) is 1. The van der Waals surface area contributed by atoms with E-state index in [-0.39, 0.29) is 24.0 Å². The molecule has 0 aliphatic heterocycles. The molecule has 1 aromatic rings. The Hall–Kier alpha value is -0.780. The Morgan fingerprint density at radius 2 is 1.86 bits per heavy atom. The van der Waals surface area contributed by atoms with E-state index < -0.39 is 0 Å². The maximum absolute atomic E-state index is 4.79. The van der Waals surface area contributed by atoms with Crippen molar-refractivity contribution in [3.63, 3.8) is 0 Å². The third kappa shape index (κ3) is 5.49. The molecule has 1 fully saturated rings. The highest BCUT2D eigenvalue weighted by molar-refractivity contribution is 14.0. The second-order valence-electron chi connectivity index (χ2n) is 5.62. The molecule has 0 spiro atoms. The molecule has 1 saturated carbocycles. The van der Waals surface area contributed by atoms with Crippen LogP contribution in [0.5, 0.6) is 0 Å². The van der Waals surface area contributed by atoms with E-state index in [1.807, 2.05) is 0 Å². The van der Waals surface area contributed by atoms with Crippen LogP contribution in [-0.4, -0.2) is 25.6 Å². The van der Waals surface area contributed by atoms with Gasteiger partial charge in [-0.1, -0.05) is 43.7 Å². The molecule has 21 heavy (non-hydrogen) atoms. The fourth-order valence-electron chi connectivity index (χ4n) is 2.44. The quantitative estimate of drug-likeness (QED) is 0.317. The lowest BCUT2D eigenvalue weighted by atomic mass is 9.96. The molecule has 0 radical (unpaired) electrons. The van der Waals surface area contributed by atoms with Crippen LogP contribution in [0.15, 0.2) is 35.3 Å². The summed E-state index contributed by atoms with van der Waals surface area (Å²) in [6.07, 6.45) is 4.92. The van der Waals surface area contributed by atoms with Gasteiger partial charge >= 0.3 is 0 Å². The first-order valence-electron chi connectivity index (χ1n) is 7.88. The molecule has 2 N–H and O–H groups in total. The maximum atomic E-state index is 4.79. The summed E-state index contributed by atoms with van der Waals surface area (Å²) < 4.78 is 0. The van der Waals surface area contributed by atoms with E-state index in [0.717, 1.165) is 25.6 Å². The van der Waals surface area contributed by atoms with Gasteiger partial charge in [0.05, 0.1) is 6.54 Å². The van der Waals surface area contributed by atoms with E-state index in [2.05, 4.69) is 54.8 Å². The minimum atomic E-state index is 0. The average molecular weight is 401 g/mol. The van der Waals surface area contributed by atoms with Crippen molar-refractivity contribution < 1.29 is 0 Å². The van der Waals surface area contributed by atoms with Gasteiger partial charge in [-0.05, 0) is 31.7 Å². The molecule has 0 amide bonds. The van der Waals surface area contributed by atoms with E-state index in [9.17, 15) is 0 Å². The van der Waals surface area contributed by atoms with Gasteiger partial charge in [-0.25, -0.2) is 0 Å². The van der Waals surface area contributed by atoms with Gasteiger partial charge in [-0.15, -0.1) is 24.0 Å². The summed E-state index contributed by atoms with van der Waals surface area (Å²) in [6, 6.07) is 10.8. The van der Waals surface area contributed by atoms with Crippen LogP contribution in [-0.2, 0) is 5.41 Å². The fourth-order valence-corrected chi connectivity index (χ4v) is 2.44. The Morgan fingerprint density at radius 3 is 2.43 bits per heavy atom. The SMILES string of the molecule is CCCCNC(=NCC1(c2ccccc2)CC1)NCC.I. The van der Waals surface area contributed by atoms with Crippen molar-refractivity contribution in [2.45, 2.75) is 44.9 Å². The first-order valence-corrected chi connectivity index (χ1v) is 7.88. The molecule has 0 aromatic heterocycles. The summed E-state index contributed by atoms with van der Waals surface area (Å²) in [5, 5.41) is 6.74. The third-order valence-electron chi connectivity index (χ3n) is 3.95. The Labute approximate surface area is 146 Å². The molecule has 3 nitrogen and oxygen atoms in total. The van der Waals surface area contributed by atoms with Crippen LogP contribution in [0.1, 0.15) is 45.1 Å². The Balaban J connectivity index is 0.00000220. The zero-order valence-electron chi connectivity index (χ0n) is 13.2. The smallest absolute Gasteiger partial charge is 0.191 e. The van der Waals surface area contributed by atoms with Gasteiger partial charge in [0.1, 0.15) is 0 Å². The second kappa shape index (κ2) is 9.28. The first kappa shape index (κ1) is 18.3. The Morgan fingerprint density at radius 1 is 1.14 bits per heavy atom. The van der Waals surface area contributed by atoms with Crippen LogP contribution in [0, 0.1) is 0 Å². The Kier molecular flexibility index (Phi) is 8.07. The largest absolute Gasteiger partial charge is 0.357 e. The van der Waals surface area contributed by atoms with E-state index in [1.54, 1.807) is 0 Å². The summed E-state index contributed by atoms with van der Waals surface area (Å²) in [4.78, 5) is 4.79. The zero-order valence-corrected chi connectivity index (χ0v) is 15.5. The van der Waals surface area contributed by atoms with Gasteiger partial charge in [-0.2, -0.15) is 0 Å². The number of hydrogen-bond donors (Lipinski definition) is 2. The minimum absolute atomic E-state index is 0. The Bertz CT molecular complexity index is 427. The minimum Gasteiger partial charge on any atom is -0.357 e. The highest BCUT2D eigenvalue weighted by Crippen LogP contribution is 2.48. The molecule has 4 heteroatoms. The standard InChI is InChI=1S/C17H27N3.HI/c1-3-5-13-19-16(18-4-2)20-14-17(11-12-17)15-9-7-6-8-10-15;/h6-10H,3-5,11-14H2,1-2H3,(H2,18,19,20);1H. The van der Waals surface area contributed by atoms with Gasteiger partial charge in [-0.3, -0.25) is 4.99 Å². The van der Waals surface area contributed by atoms with Crippen LogP contribution in [0.4, 0.5) is 0 Å². The lowest BCUT2D eigenvalue weighted by Crippen LogP contribution is -2.38. The van der Waals surface area contributed by atoms with Crippen LogP contribution >= 0.6 is 24.0 Å². The van der Waals surface area contributed by atoms with Crippen molar-refractivity contribution in [1.82, 2.24) is 10.6 Å². The van der Waals surface area contributed by atoms with Gasteiger partial charge in [0.2, 0.25) is 0 Å². The van der Waals surface area contributed by atoms with Crippen molar-refractivity contribution in [2.75, 3.05) is 19.6 Å². The summed E-state index contributed by atoms with van der Waals surface area (Å²) in [5.74, 6) is 0.961. The molecule has 1 aromatic carbocycles. The fraction of sp³-hybridized carbons (Fsp3) is 0.588. The van der Waals surface area contributed by atoms with Gasteiger partial charge in [0.15, 0.2) is 5.96 Å². The van der Waals surface area contributed by atoms with E-state index in [4.69, 9.17) is 4.99 Å². The highest BCUT2D eigenvalue weighted by Gasteiger charge is 2.43. The summed E-state index contributed by atoms with van der Waals surface area (Å²) >= 11 is 0. The van der Waals surface area contributed by atoms with Crippen LogP contribution < -0.4 is 10.6 Å². The van der Waals surface area contributed by atoms with Gasteiger partial charge in [0.25, 0.3) is 0 Å². The lowest BCUT2D eigenvalue weighted by molar-refractivity contribution is 0.684. The van der Waals surface area contributed by atoms with Crippen molar-refractivity contribution in [2.24, 2.45) is 4.99 Å². The number of rotatable bonds is 7. The van der Waals surface area contributed by atoms with Crippen molar-refractivity contribution >= 4 is 29.9 Å². The summed E-state index contributed by atoms with van der Waals surface area (Å²) in [6.45, 7) is 7.12. The number of guanidine groups is 1. The number of aliphatic imine (C=N–C) groups is 1. The molecule has 1 aliphatic rings. The number of benzene rings is 1. The topological polar surface area (TPSA) is 36.4 Å². The van der Waals surface area contributed by atoms with E-state index >= 15 is 0 Å². The molecular formula is C17H28IN3. The first-order chi connectivity index (χ1) is 9.80. The molecule has 118 valence electrons. The van der Waals surface area contributed by atoms with Crippen LogP contribution in [0.3, 0.4) is 0 Å². The maximum Gasteiger partial charge on any atom is 0.191 e. The molecule has 0 unspecified atom stereocenters. The van der Waals surface area contributed by atoms with Crippen LogP contribution in [0.25, 0.3) is 0 Å². The van der Waals surface area contributed by atoms with Gasteiger partial charge < -0.3 is 10.6 Å². The monoisotopic (exact) mass is 401 g/mol. The number of halogens is 1. The van der Waals surface area contributed by atoms with Crippen LogP contribution in [0.2, 0.25) is 0 Å². The number of nitrogens with zero attached hydrogens (tertiary/aromatic N) is 1. The molecule has 0 atom stereocenters. The normalized spacial score (nSPS) is 16.0.